The summed E-state index contributed by atoms with van der Waals surface area (Å²) >= 11 is 0. The fourth-order valence-electron chi connectivity index (χ4n) is 2.88. The molecule has 0 aliphatic carbocycles. The number of amides is 1. The van der Waals surface area contributed by atoms with Gasteiger partial charge in [0.05, 0.1) is 6.04 Å². The molecule has 0 spiro atoms. The SMILES string of the molecule is C[C@H]1c2cccc([C@H](O)C(F)F)c2CCN1C(=O)OC(C)(C)C. The Kier molecular flexibility index (Phi) is 4.94. The number of halogens is 2. The molecule has 0 radical (unpaired) electrons. The van der Waals surface area contributed by atoms with E-state index in [1.165, 1.54) is 6.07 Å². The zero-order valence-corrected chi connectivity index (χ0v) is 13.8. The summed E-state index contributed by atoms with van der Waals surface area (Å²) in [6.45, 7) is 7.59. The molecule has 0 bridgehead atoms. The molecule has 0 fully saturated rings. The number of benzene rings is 1. The van der Waals surface area contributed by atoms with Crippen LogP contribution in [0.25, 0.3) is 0 Å². The van der Waals surface area contributed by atoms with Crippen LogP contribution in [0.1, 0.15) is 56.5 Å². The van der Waals surface area contributed by atoms with Gasteiger partial charge in [0, 0.05) is 6.54 Å². The van der Waals surface area contributed by atoms with Gasteiger partial charge in [0.2, 0.25) is 0 Å². The third-order valence-electron chi connectivity index (χ3n) is 3.95. The lowest BCUT2D eigenvalue weighted by atomic mass is 9.88. The predicted octanol–water partition coefficient (Wildman–Crippen LogP) is 3.84. The van der Waals surface area contributed by atoms with Crippen LogP contribution in [-0.4, -0.2) is 34.7 Å². The number of hydrogen-bond donors (Lipinski definition) is 1. The first kappa shape index (κ1) is 17.7. The van der Waals surface area contributed by atoms with Crippen molar-refractivity contribution in [3.63, 3.8) is 0 Å². The molecule has 1 aromatic rings. The van der Waals surface area contributed by atoms with Crippen LogP contribution in [-0.2, 0) is 11.2 Å². The molecule has 0 unspecified atom stereocenters. The fraction of sp³-hybridized carbons (Fsp3) is 0.588. The maximum absolute atomic E-state index is 12.8. The maximum Gasteiger partial charge on any atom is 0.410 e. The van der Waals surface area contributed by atoms with Crippen LogP contribution in [0, 0.1) is 0 Å². The summed E-state index contributed by atoms with van der Waals surface area (Å²) in [5.74, 6) is 0. The lowest BCUT2D eigenvalue weighted by Gasteiger charge is -2.37. The van der Waals surface area contributed by atoms with Crippen molar-refractivity contribution in [3.05, 3.63) is 34.9 Å². The topological polar surface area (TPSA) is 49.8 Å². The van der Waals surface area contributed by atoms with Gasteiger partial charge in [-0.3, -0.25) is 0 Å². The van der Waals surface area contributed by atoms with Crippen molar-refractivity contribution in [2.45, 2.75) is 58.3 Å². The molecule has 128 valence electrons. The molecular formula is C17H23F2NO3. The molecule has 0 saturated carbocycles. The minimum atomic E-state index is -2.83. The Morgan fingerprint density at radius 3 is 2.61 bits per heavy atom. The molecule has 2 rings (SSSR count). The number of fused-ring (bicyclic) bond motifs is 1. The molecule has 1 aliphatic heterocycles. The summed E-state index contributed by atoms with van der Waals surface area (Å²) in [4.78, 5) is 13.9. The van der Waals surface area contributed by atoms with Crippen LogP contribution in [0.15, 0.2) is 18.2 Å². The predicted molar refractivity (Wildman–Crippen MR) is 82.5 cm³/mol. The Morgan fingerprint density at radius 1 is 1.39 bits per heavy atom. The number of aliphatic hydroxyl groups excluding tert-OH is 1. The largest absolute Gasteiger partial charge is 0.444 e. The van der Waals surface area contributed by atoms with Gasteiger partial charge < -0.3 is 14.7 Å². The fourth-order valence-corrected chi connectivity index (χ4v) is 2.88. The number of alkyl halides is 2. The number of aliphatic hydroxyl groups is 1. The first-order chi connectivity index (χ1) is 10.6. The highest BCUT2D eigenvalue weighted by atomic mass is 19.3. The van der Waals surface area contributed by atoms with Gasteiger partial charge in [-0.15, -0.1) is 0 Å². The van der Waals surface area contributed by atoms with Gasteiger partial charge in [0.1, 0.15) is 11.7 Å². The summed E-state index contributed by atoms with van der Waals surface area (Å²) in [6, 6.07) is 4.66. The van der Waals surface area contributed by atoms with Crippen molar-refractivity contribution in [1.82, 2.24) is 4.90 Å². The molecule has 2 atom stereocenters. The van der Waals surface area contributed by atoms with Gasteiger partial charge in [-0.1, -0.05) is 18.2 Å². The first-order valence-corrected chi connectivity index (χ1v) is 7.69. The molecule has 1 heterocycles. The molecule has 0 aromatic heterocycles. The van der Waals surface area contributed by atoms with Gasteiger partial charge in [0.25, 0.3) is 6.43 Å². The number of hydrogen-bond acceptors (Lipinski definition) is 3. The number of carbonyl (C=O) groups excluding carboxylic acids is 1. The number of carbonyl (C=O) groups is 1. The second-order valence-electron chi connectivity index (χ2n) is 6.79. The van der Waals surface area contributed by atoms with Crippen molar-refractivity contribution < 1.29 is 23.4 Å². The van der Waals surface area contributed by atoms with Gasteiger partial charge in [0.15, 0.2) is 0 Å². The third-order valence-corrected chi connectivity index (χ3v) is 3.95. The Morgan fingerprint density at radius 2 is 2.04 bits per heavy atom. The van der Waals surface area contributed by atoms with Gasteiger partial charge in [-0.25, -0.2) is 13.6 Å². The molecule has 1 N–H and O–H groups in total. The van der Waals surface area contributed by atoms with E-state index in [-0.39, 0.29) is 11.6 Å². The molecule has 1 aliphatic rings. The monoisotopic (exact) mass is 327 g/mol. The molecule has 23 heavy (non-hydrogen) atoms. The average molecular weight is 327 g/mol. The molecule has 0 saturated heterocycles. The van der Waals surface area contributed by atoms with Crippen molar-refractivity contribution in [2.24, 2.45) is 0 Å². The van der Waals surface area contributed by atoms with Gasteiger partial charge in [-0.05, 0) is 50.8 Å². The normalized spacial score (nSPS) is 19.5. The van der Waals surface area contributed by atoms with E-state index in [4.69, 9.17) is 4.74 Å². The summed E-state index contributed by atoms with van der Waals surface area (Å²) < 4.78 is 31.1. The van der Waals surface area contributed by atoms with E-state index in [0.29, 0.717) is 18.5 Å². The number of ether oxygens (including phenoxy) is 1. The summed E-state index contributed by atoms with van der Waals surface area (Å²) in [6.07, 6.45) is -4.64. The molecular weight excluding hydrogens is 304 g/mol. The molecule has 4 nitrogen and oxygen atoms in total. The standard InChI is InChI=1S/C17H23F2NO3/c1-10-11-6-5-7-13(14(21)15(18)19)12(11)8-9-20(10)16(22)23-17(2,3)4/h5-7,10,14-15,21H,8-9H2,1-4H3/t10-,14-/m0/s1. The molecule has 1 amide bonds. The van der Waals surface area contributed by atoms with Gasteiger partial charge >= 0.3 is 6.09 Å². The number of nitrogens with zero attached hydrogens (tertiary/aromatic N) is 1. The highest BCUT2D eigenvalue weighted by molar-refractivity contribution is 5.69. The Labute approximate surface area is 135 Å². The van der Waals surface area contributed by atoms with E-state index in [1.54, 1.807) is 37.8 Å². The van der Waals surface area contributed by atoms with Crippen molar-refractivity contribution in [2.75, 3.05) is 6.54 Å². The zero-order valence-electron chi connectivity index (χ0n) is 13.8. The quantitative estimate of drug-likeness (QED) is 0.898. The summed E-state index contributed by atoms with van der Waals surface area (Å²) in [5.41, 5.74) is 1.13. The van der Waals surface area contributed by atoms with Crippen LogP contribution < -0.4 is 0 Å². The van der Waals surface area contributed by atoms with Gasteiger partial charge in [-0.2, -0.15) is 0 Å². The minimum absolute atomic E-state index is 0.244. The highest BCUT2D eigenvalue weighted by Gasteiger charge is 2.33. The van der Waals surface area contributed by atoms with E-state index in [0.717, 1.165) is 5.56 Å². The van der Waals surface area contributed by atoms with Crippen molar-refractivity contribution in [1.29, 1.82) is 0 Å². The zero-order chi connectivity index (χ0) is 17.4. The van der Waals surface area contributed by atoms with E-state index < -0.39 is 24.2 Å². The number of rotatable bonds is 2. The van der Waals surface area contributed by atoms with E-state index in [9.17, 15) is 18.7 Å². The van der Waals surface area contributed by atoms with Crippen LogP contribution in [0.3, 0.4) is 0 Å². The smallest absolute Gasteiger partial charge is 0.410 e. The lowest BCUT2D eigenvalue weighted by Crippen LogP contribution is -2.42. The highest BCUT2D eigenvalue weighted by Crippen LogP contribution is 2.35. The lowest BCUT2D eigenvalue weighted by molar-refractivity contribution is -0.00708. The van der Waals surface area contributed by atoms with Crippen molar-refractivity contribution in [3.8, 4) is 0 Å². The second-order valence-corrected chi connectivity index (χ2v) is 6.79. The van der Waals surface area contributed by atoms with E-state index >= 15 is 0 Å². The third kappa shape index (κ3) is 3.80. The Hall–Kier alpha value is -1.69. The average Bonchev–Trinajstić information content (AvgIpc) is 2.44. The van der Waals surface area contributed by atoms with Crippen molar-refractivity contribution >= 4 is 6.09 Å². The van der Waals surface area contributed by atoms with Crippen LogP contribution >= 0.6 is 0 Å². The van der Waals surface area contributed by atoms with E-state index in [2.05, 4.69) is 0 Å². The second kappa shape index (κ2) is 6.43. The van der Waals surface area contributed by atoms with Crippen LogP contribution in [0.4, 0.5) is 13.6 Å². The molecule has 1 aromatic carbocycles. The summed E-state index contributed by atoms with van der Waals surface area (Å²) in [7, 11) is 0. The van der Waals surface area contributed by atoms with E-state index in [1.807, 2.05) is 6.92 Å². The van der Waals surface area contributed by atoms with Crippen LogP contribution in [0.2, 0.25) is 0 Å². The summed E-state index contributed by atoms with van der Waals surface area (Å²) in [5, 5.41) is 9.71. The maximum atomic E-state index is 12.8. The Balaban J connectivity index is 2.29. The molecule has 6 heteroatoms. The van der Waals surface area contributed by atoms with Crippen LogP contribution in [0.5, 0.6) is 0 Å². The first-order valence-electron chi connectivity index (χ1n) is 7.69. The Bertz CT molecular complexity index is 584. The minimum Gasteiger partial charge on any atom is -0.444 e.